The van der Waals surface area contributed by atoms with Crippen molar-refractivity contribution in [2.75, 3.05) is 0 Å². The summed E-state index contributed by atoms with van der Waals surface area (Å²) >= 11 is 6.22. The minimum absolute atomic E-state index is 0.0961. The van der Waals surface area contributed by atoms with Gasteiger partial charge in [0.15, 0.2) is 0 Å². The number of hydrogen-bond acceptors (Lipinski definition) is 6. The lowest BCUT2D eigenvalue weighted by atomic mass is 10.1. The highest BCUT2D eigenvalue weighted by Gasteiger charge is 2.22. The van der Waals surface area contributed by atoms with Gasteiger partial charge in [-0.2, -0.15) is 5.26 Å². The van der Waals surface area contributed by atoms with Crippen molar-refractivity contribution in [1.29, 1.82) is 5.26 Å². The Morgan fingerprint density at radius 1 is 1.29 bits per heavy atom. The van der Waals surface area contributed by atoms with Crippen molar-refractivity contribution in [2.45, 2.75) is 40.4 Å². The zero-order valence-electron chi connectivity index (χ0n) is 17.3. The lowest BCUT2D eigenvalue weighted by molar-refractivity contribution is 0.344. The van der Waals surface area contributed by atoms with Crippen LogP contribution < -0.4 is 15.9 Å². The van der Waals surface area contributed by atoms with E-state index in [4.69, 9.17) is 21.6 Å². The summed E-state index contributed by atoms with van der Waals surface area (Å²) in [4.78, 5) is 36.3. The van der Waals surface area contributed by atoms with Gasteiger partial charge >= 0.3 is 0 Å². The number of rotatable bonds is 5. The van der Waals surface area contributed by atoms with Gasteiger partial charge in [0.1, 0.15) is 23.4 Å². The second kappa shape index (κ2) is 8.70. The first kappa shape index (κ1) is 22.2. The Balaban J connectivity index is 2.12. The summed E-state index contributed by atoms with van der Waals surface area (Å²) in [7, 11) is 0. The lowest BCUT2D eigenvalue weighted by Gasteiger charge is -2.16. The molecule has 0 saturated heterocycles. The molecular weight excluding hydrogens is 425 g/mol. The van der Waals surface area contributed by atoms with Gasteiger partial charge in [0.2, 0.25) is 5.75 Å². The Hall–Kier alpha value is -3.51. The SMILES string of the molecule is Cc1nc(C)c(Cn2cnc([C@H](C)F)c(Oc3c(C)cc(C#N)cc3Cl)c2=O)c(=O)[nH]1. The first-order chi connectivity index (χ1) is 14.6. The van der Waals surface area contributed by atoms with E-state index in [1.54, 1.807) is 20.8 Å². The van der Waals surface area contributed by atoms with E-state index in [1.165, 1.54) is 19.1 Å². The van der Waals surface area contributed by atoms with Crippen molar-refractivity contribution >= 4 is 11.6 Å². The summed E-state index contributed by atoms with van der Waals surface area (Å²) < 4.78 is 21.1. The van der Waals surface area contributed by atoms with Crippen molar-refractivity contribution in [3.63, 3.8) is 0 Å². The molecule has 1 aromatic carbocycles. The fourth-order valence-corrected chi connectivity index (χ4v) is 3.41. The number of H-pyrrole nitrogens is 1. The highest BCUT2D eigenvalue weighted by molar-refractivity contribution is 6.32. The van der Waals surface area contributed by atoms with Gasteiger partial charge in [0.25, 0.3) is 11.1 Å². The van der Waals surface area contributed by atoms with Crippen molar-refractivity contribution in [3.05, 3.63) is 78.1 Å². The molecule has 0 fully saturated rings. The average molecular weight is 444 g/mol. The van der Waals surface area contributed by atoms with Crippen LogP contribution in [0.25, 0.3) is 0 Å². The molecule has 0 aliphatic carbocycles. The van der Waals surface area contributed by atoms with Gasteiger partial charge in [-0.25, -0.2) is 14.4 Å². The van der Waals surface area contributed by atoms with Crippen LogP contribution in [0.1, 0.15) is 47.0 Å². The Morgan fingerprint density at radius 3 is 2.58 bits per heavy atom. The summed E-state index contributed by atoms with van der Waals surface area (Å²) in [5, 5.41) is 9.17. The molecule has 160 valence electrons. The summed E-state index contributed by atoms with van der Waals surface area (Å²) in [5.74, 6) is 0.222. The van der Waals surface area contributed by atoms with Gasteiger partial charge in [0, 0.05) is 5.69 Å². The molecule has 1 N–H and O–H groups in total. The molecule has 8 nitrogen and oxygen atoms in total. The molecular formula is C21H19ClFN5O3. The van der Waals surface area contributed by atoms with E-state index in [0.29, 0.717) is 22.6 Å². The minimum atomic E-state index is -1.60. The zero-order chi connectivity index (χ0) is 22.9. The molecule has 0 aliphatic rings. The fraction of sp³-hybridized carbons (Fsp3) is 0.286. The molecule has 2 heterocycles. The van der Waals surface area contributed by atoms with Crippen LogP contribution in [0.5, 0.6) is 11.5 Å². The van der Waals surface area contributed by atoms with Crippen LogP contribution in [0.2, 0.25) is 5.02 Å². The van der Waals surface area contributed by atoms with Gasteiger partial charge < -0.3 is 9.72 Å². The maximum atomic E-state index is 14.2. The van der Waals surface area contributed by atoms with Crippen LogP contribution in [0.15, 0.2) is 28.0 Å². The number of ether oxygens (including phenoxy) is 1. The maximum Gasteiger partial charge on any atom is 0.297 e. The number of benzene rings is 1. The fourth-order valence-electron chi connectivity index (χ4n) is 3.11. The Labute approximate surface area is 181 Å². The molecule has 31 heavy (non-hydrogen) atoms. The van der Waals surface area contributed by atoms with Crippen LogP contribution >= 0.6 is 11.6 Å². The van der Waals surface area contributed by atoms with Crippen molar-refractivity contribution < 1.29 is 9.13 Å². The van der Waals surface area contributed by atoms with E-state index in [2.05, 4.69) is 15.0 Å². The molecule has 0 unspecified atom stereocenters. The van der Waals surface area contributed by atoms with E-state index in [9.17, 15) is 14.0 Å². The molecule has 0 aliphatic heterocycles. The van der Waals surface area contributed by atoms with Gasteiger partial charge in [-0.1, -0.05) is 11.6 Å². The quantitative estimate of drug-likeness (QED) is 0.643. The van der Waals surface area contributed by atoms with E-state index < -0.39 is 11.7 Å². The van der Waals surface area contributed by atoms with Crippen LogP contribution in [-0.2, 0) is 6.54 Å². The molecule has 2 aromatic heterocycles. The van der Waals surface area contributed by atoms with E-state index in [0.717, 1.165) is 10.9 Å². The standard InChI is InChI=1S/C21H19ClFN5O3/c1-10-5-14(7-24)6-16(22)18(10)31-19-17(11(2)23)25-9-28(21(19)30)8-15-12(3)26-13(4)27-20(15)29/h5-6,9,11H,8H2,1-4H3,(H,26,27,29)/t11-/m0/s1. The van der Waals surface area contributed by atoms with Crippen LogP contribution in [0, 0.1) is 32.1 Å². The van der Waals surface area contributed by atoms with Crippen molar-refractivity contribution in [1.82, 2.24) is 19.5 Å². The number of alkyl halides is 1. The molecule has 10 heteroatoms. The first-order valence-corrected chi connectivity index (χ1v) is 9.68. The van der Waals surface area contributed by atoms with E-state index in [1.807, 2.05) is 6.07 Å². The van der Waals surface area contributed by atoms with Crippen molar-refractivity contribution in [3.8, 4) is 17.6 Å². The predicted molar refractivity (Wildman–Crippen MR) is 112 cm³/mol. The number of hydrogen-bond donors (Lipinski definition) is 1. The normalized spacial score (nSPS) is 11.8. The molecule has 0 spiro atoms. The number of nitriles is 1. The Bertz CT molecular complexity index is 1300. The lowest BCUT2D eigenvalue weighted by Crippen LogP contribution is -2.28. The van der Waals surface area contributed by atoms with Crippen LogP contribution in [-0.4, -0.2) is 19.5 Å². The smallest absolute Gasteiger partial charge is 0.297 e. The summed E-state index contributed by atoms with van der Waals surface area (Å²) in [6.45, 7) is 6.06. The van der Waals surface area contributed by atoms with Gasteiger partial charge in [-0.05, 0) is 45.4 Å². The van der Waals surface area contributed by atoms with Crippen LogP contribution in [0.3, 0.4) is 0 Å². The summed E-state index contributed by atoms with van der Waals surface area (Å²) in [6, 6.07) is 4.90. The van der Waals surface area contributed by atoms with Crippen molar-refractivity contribution in [2.24, 2.45) is 0 Å². The average Bonchev–Trinajstić information content (AvgIpc) is 2.68. The maximum absolute atomic E-state index is 14.2. The van der Waals surface area contributed by atoms with Gasteiger partial charge in [-0.15, -0.1) is 0 Å². The zero-order valence-corrected chi connectivity index (χ0v) is 18.0. The molecule has 1 atom stereocenters. The van der Waals surface area contributed by atoms with Crippen LogP contribution in [0.4, 0.5) is 4.39 Å². The molecule has 3 aromatic rings. The summed E-state index contributed by atoms with van der Waals surface area (Å²) in [6.07, 6.45) is -0.437. The third-order valence-corrected chi connectivity index (χ3v) is 4.91. The number of aromatic amines is 1. The predicted octanol–water partition coefficient (Wildman–Crippen LogP) is 3.65. The third-order valence-electron chi connectivity index (χ3n) is 4.63. The number of nitrogens with zero attached hydrogens (tertiary/aromatic N) is 4. The van der Waals surface area contributed by atoms with Gasteiger partial charge in [0.05, 0.1) is 35.1 Å². The molecule has 0 radical (unpaired) electrons. The number of halogens is 2. The second-order valence-corrected chi connectivity index (χ2v) is 7.45. The highest BCUT2D eigenvalue weighted by atomic mass is 35.5. The molecule has 0 bridgehead atoms. The van der Waals surface area contributed by atoms with Gasteiger partial charge in [-0.3, -0.25) is 14.2 Å². The first-order valence-electron chi connectivity index (χ1n) is 9.30. The monoisotopic (exact) mass is 443 g/mol. The summed E-state index contributed by atoms with van der Waals surface area (Å²) in [5.41, 5.74) is 0.278. The topological polar surface area (TPSA) is 114 Å². The molecule has 3 rings (SSSR count). The second-order valence-electron chi connectivity index (χ2n) is 7.04. The minimum Gasteiger partial charge on any atom is -0.448 e. The number of aryl methyl sites for hydroxylation is 3. The van der Waals surface area contributed by atoms with E-state index in [-0.39, 0.29) is 39.9 Å². The third kappa shape index (κ3) is 4.49. The highest BCUT2D eigenvalue weighted by Crippen LogP contribution is 2.35. The van der Waals surface area contributed by atoms with E-state index >= 15 is 0 Å². The largest absolute Gasteiger partial charge is 0.448 e. The Morgan fingerprint density at radius 2 is 2.00 bits per heavy atom. The Kier molecular flexibility index (Phi) is 6.22. The number of aromatic nitrogens is 4. The molecule has 0 amide bonds. The molecule has 0 saturated carbocycles. The number of nitrogens with one attached hydrogen (secondary N) is 1.